The third-order valence-electron chi connectivity index (χ3n) is 5.19. The first kappa shape index (κ1) is 16.5. The van der Waals surface area contributed by atoms with E-state index < -0.39 is 0 Å². The smallest absolute Gasteiger partial charge is 0.135 e. The van der Waals surface area contributed by atoms with Crippen LogP contribution in [0.25, 0.3) is 0 Å². The van der Waals surface area contributed by atoms with Gasteiger partial charge in [-0.25, -0.2) is 9.97 Å². The van der Waals surface area contributed by atoms with Gasteiger partial charge in [-0.15, -0.1) is 0 Å². The number of hydrogen-bond acceptors (Lipinski definition) is 5. The standard InChI is InChI=1S/C19H27N5O/c1-13-10-14(2)24(22-13)12-16-11-23(8-9-25-16)19-17-6-4-5-7-18(17)20-15(3)21-19/h10,16H,4-9,11-12H2,1-3H3. The predicted octanol–water partition coefficient (Wildman–Crippen LogP) is 2.38. The summed E-state index contributed by atoms with van der Waals surface area (Å²) in [5, 5.41) is 4.58. The highest BCUT2D eigenvalue weighted by atomic mass is 16.5. The van der Waals surface area contributed by atoms with Gasteiger partial charge in [0.05, 0.1) is 24.9 Å². The molecule has 1 unspecified atom stereocenters. The van der Waals surface area contributed by atoms with Crippen molar-refractivity contribution >= 4 is 5.82 Å². The normalized spacial score (nSPS) is 20.6. The lowest BCUT2D eigenvalue weighted by atomic mass is 9.96. The minimum atomic E-state index is 0.140. The monoisotopic (exact) mass is 341 g/mol. The Bertz CT molecular complexity index is 769. The lowest BCUT2D eigenvalue weighted by molar-refractivity contribution is 0.0267. The zero-order valence-corrected chi connectivity index (χ0v) is 15.5. The SMILES string of the molecule is Cc1cc(C)n(CC2CN(c3nc(C)nc4c3CCCC4)CCO2)n1. The second-order valence-electron chi connectivity index (χ2n) is 7.27. The summed E-state index contributed by atoms with van der Waals surface area (Å²) in [6.07, 6.45) is 4.81. The van der Waals surface area contributed by atoms with Crippen LogP contribution in [0.15, 0.2) is 6.07 Å². The van der Waals surface area contributed by atoms with Crippen molar-refractivity contribution in [3.8, 4) is 0 Å². The Kier molecular flexibility index (Phi) is 4.46. The van der Waals surface area contributed by atoms with Gasteiger partial charge in [0, 0.05) is 30.0 Å². The summed E-state index contributed by atoms with van der Waals surface area (Å²) in [5.41, 5.74) is 4.87. The van der Waals surface area contributed by atoms with Gasteiger partial charge in [-0.3, -0.25) is 4.68 Å². The largest absolute Gasteiger partial charge is 0.373 e. The Labute approximate surface area is 149 Å². The Balaban J connectivity index is 1.55. The Hall–Kier alpha value is -1.95. The maximum absolute atomic E-state index is 6.03. The molecule has 0 saturated carbocycles. The molecule has 6 nitrogen and oxygen atoms in total. The number of hydrogen-bond donors (Lipinski definition) is 0. The van der Waals surface area contributed by atoms with Gasteiger partial charge < -0.3 is 9.64 Å². The van der Waals surface area contributed by atoms with E-state index in [4.69, 9.17) is 9.72 Å². The van der Waals surface area contributed by atoms with Crippen LogP contribution in [0, 0.1) is 20.8 Å². The third kappa shape index (κ3) is 3.40. The van der Waals surface area contributed by atoms with E-state index in [9.17, 15) is 0 Å². The van der Waals surface area contributed by atoms with Gasteiger partial charge in [0.15, 0.2) is 0 Å². The number of aryl methyl sites for hydroxylation is 4. The molecule has 0 bridgehead atoms. The van der Waals surface area contributed by atoms with Crippen molar-refractivity contribution in [1.29, 1.82) is 0 Å². The molecule has 0 N–H and O–H groups in total. The fraction of sp³-hybridized carbons (Fsp3) is 0.632. The van der Waals surface area contributed by atoms with Gasteiger partial charge in [-0.1, -0.05) is 0 Å². The van der Waals surface area contributed by atoms with Crippen LogP contribution < -0.4 is 4.90 Å². The first-order valence-electron chi connectivity index (χ1n) is 9.34. The molecule has 0 aromatic carbocycles. The second-order valence-corrected chi connectivity index (χ2v) is 7.27. The van der Waals surface area contributed by atoms with Crippen molar-refractivity contribution in [3.05, 3.63) is 34.5 Å². The van der Waals surface area contributed by atoms with Crippen molar-refractivity contribution < 1.29 is 4.74 Å². The Morgan fingerprint density at radius 3 is 2.80 bits per heavy atom. The molecule has 0 spiro atoms. The van der Waals surface area contributed by atoms with Crippen LogP contribution in [0.5, 0.6) is 0 Å². The lowest BCUT2D eigenvalue weighted by Gasteiger charge is -2.35. The minimum absolute atomic E-state index is 0.140. The highest BCUT2D eigenvalue weighted by molar-refractivity contribution is 5.50. The molecule has 1 saturated heterocycles. The van der Waals surface area contributed by atoms with E-state index in [1.807, 2.05) is 13.8 Å². The molecule has 2 aromatic rings. The van der Waals surface area contributed by atoms with Crippen LogP contribution in [0.1, 0.15) is 41.3 Å². The summed E-state index contributed by atoms with van der Waals surface area (Å²) in [7, 11) is 0. The highest BCUT2D eigenvalue weighted by Crippen LogP contribution is 2.29. The maximum atomic E-state index is 6.03. The molecule has 1 aliphatic carbocycles. The van der Waals surface area contributed by atoms with E-state index >= 15 is 0 Å². The first-order chi connectivity index (χ1) is 12.1. The van der Waals surface area contributed by atoms with Crippen LogP contribution in [-0.4, -0.2) is 45.5 Å². The number of aromatic nitrogens is 4. The summed E-state index contributed by atoms with van der Waals surface area (Å²) < 4.78 is 8.09. The predicted molar refractivity (Wildman–Crippen MR) is 97.1 cm³/mol. The zero-order chi connectivity index (χ0) is 17.4. The molecule has 0 amide bonds. The molecule has 1 fully saturated rings. The molecule has 3 heterocycles. The van der Waals surface area contributed by atoms with E-state index in [0.29, 0.717) is 0 Å². The molecule has 25 heavy (non-hydrogen) atoms. The van der Waals surface area contributed by atoms with Crippen LogP contribution in [0.2, 0.25) is 0 Å². The summed E-state index contributed by atoms with van der Waals surface area (Å²) in [6, 6.07) is 2.12. The van der Waals surface area contributed by atoms with Crippen molar-refractivity contribution in [2.24, 2.45) is 0 Å². The topological polar surface area (TPSA) is 56.1 Å². The average Bonchev–Trinajstić information content (AvgIpc) is 2.91. The van der Waals surface area contributed by atoms with Crippen molar-refractivity contribution in [1.82, 2.24) is 19.7 Å². The summed E-state index contributed by atoms with van der Waals surface area (Å²) in [6.45, 7) is 9.44. The van der Waals surface area contributed by atoms with Gasteiger partial charge >= 0.3 is 0 Å². The molecule has 1 atom stereocenters. The maximum Gasteiger partial charge on any atom is 0.135 e. The quantitative estimate of drug-likeness (QED) is 0.858. The molecular weight excluding hydrogens is 314 g/mol. The van der Waals surface area contributed by atoms with Gasteiger partial charge in [0.1, 0.15) is 11.6 Å². The van der Waals surface area contributed by atoms with E-state index in [1.54, 1.807) is 0 Å². The Morgan fingerprint density at radius 1 is 1.16 bits per heavy atom. The third-order valence-corrected chi connectivity index (χ3v) is 5.19. The number of fused-ring (bicyclic) bond motifs is 1. The van der Waals surface area contributed by atoms with Gasteiger partial charge in [-0.2, -0.15) is 5.10 Å². The lowest BCUT2D eigenvalue weighted by Crippen LogP contribution is -2.45. The molecular formula is C19H27N5O. The summed E-state index contributed by atoms with van der Waals surface area (Å²) >= 11 is 0. The van der Waals surface area contributed by atoms with Crippen molar-refractivity contribution in [3.63, 3.8) is 0 Å². The van der Waals surface area contributed by atoms with Crippen LogP contribution in [0.4, 0.5) is 5.82 Å². The minimum Gasteiger partial charge on any atom is -0.373 e. The fourth-order valence-corrected chi connectivity index (χ4v) is 4.03. The molecule has 2 aromatic heterocycles. The van der Waals surface area contributed by atoms with Crippen molar-refractivity contribution in [2.45, 2.75) is 59.1 Å². The fourth-order valence-electron chi connectivity index (χ4n) is 4.03. The van der Waals surface area contributed by atoms with E-state index in [-0.39, 0.29) is 6.10 Å². The van der Waals surface area contributed by atoms with Gasteiger partial charge in [0.25, 0.3) is 0 Å². The summed E-state index contributed by atoms with van der Waals surface area (Å²) in [5.74, 6) is 2.03. The van der Waals surface area contributed by atoms with Crippen LogP contribution in [0.3, 0.4) is 0 Å². The molecule has 6 heteroatoms. The molecule has 4 rings (SSSR count). The molecule has 2 aliphatic rings. The number of ether oxygens (including phenoxy) is 1. The molecule has 1 aliphatic heterocycles. The second kappa shape index (κ2) is 6.75. The summed E-state index contributed by atoms with van der Waals surface area (Å²) in [4.78, 5) is 11.9. The average molecular weight is 341 g/mol. The number of anilines is 1. The Morgan fingerprint density at radius 2 is 2.00 bits per heavy atom. The number of morpholine rings is 1. The molecule has 0 radical (unpaired) electrons. The highest BCUT2D eigenvalue weighted by Gasteiger charge is 2.27. The number of nitrogens with zero attached hydrogens (tertiary/aromatic N) is 5. The van der Waals surface area contributed by atoms with E-state index in [0.717, 1.165) is 56.4 Å². The zero-order valence-electron chi connectivity index (χ0n) is 15.5. The molecule has 134 valence electrons. The van der Waals surface area contributed by atoms with Crippen LogP contribution >= 0.6 is 0 Å². The van der Waals surface area contributed by atoms with Gasteiger partial charge in [0.2, 0.25) is 0 Å². The number of rotatable bonds is 3. The van der Waals surface area contributed by atoms with E-state index in [1.165, 1.54) is 29.8 Å². The van der Waals surface area contributed by atoms with Crippen LogP contribution in [-0.2, 0) is 24.1 Å². The van der Waals surface area contributed by atoms with Crippen molar-refractivity contribution in [2.75, 3.05) is 24.6 Å². The first-order valence-corrected chi connectivity index (χ1v) is 9.34. The van der Waals surface area contributed by atoms with E-state index in [2.05, 4.69) is 32.7 Å². The van der Waals surface area contributed by atoms with Gasteiger partial charge in [-0.05, 0) is 52.5 Å².